The van der Waals surface area contributed by atoms with Crippen molar-refractivity contribution in [3.05, 3.63) is 32.6 Å². The van der Waals surface area contributed by atoms with E-state index in [1.807, 2.05) is 0 Å². The predicted octanol–water partition coefficient (Wildman–Crippen LogP) is 2.54. The summed E-state index contributed by atoms with van der Waals surface area (Å²) in [6.45, 7) is 13.3. The molecule has 1 aromatic rings. The summed E-state index contributed by atoms with van der Waals surface area (Å²) in [6, 6.07) is 0. The van der Waals surface area contributed by atoms with E-state index in [4.69, 9.17) is 9.16 Å². The van der Waals surface area contributed by atoms with Gasteiger partial charge in [-0.2, -0.15) is 0 Å². The first-order chi connectivity index (χ1) is 10.5. The molecule has 1 aromatic heterocycles. The maximum absolute atomic E-state index is 11.9. The molecule has 0 saturated carbocycles. The molecular weight excluding hydrogens is 312 g/mol. The van der Waals surface area contributed by atoms with E-state index in [0.717, 1.165) is 12.8 Å². The minimum Gasteiger partial charge on any atom is -0.414 e. The summed E-state index contributed by atoms with van der Waals surface area (Å²) < 4.78 is 13.6. The van der Waals surface area contributed by atoms with Gasteiger partial charge in [-0.3, -0.25) is 14.3 Å². The summed E-state index contributed by atoms with van der Waals surface area (Å²) in [5, 5.41) is 0.165. The monoisotopic (exact) mass is 340 g/mol. The first kappa shape index (κ1) is 18.2. The maximum atomic E-state index is 11.9. The van der Waals surface area contributed by atoms with Crippen molar-refractivity contribution < 1.29 is 9.16 Å². The van der Waals surface area contributed by atoms with E-state index in [0.29, 0.717) is 12.2 Å². The van der Waals surface area contributed by atoms with Crippen molar-refractivity contribution in [2.24, 2.45) is 0 Å². The lowest BCUT2D eigenvalue weighted by atomic mass is 10.2. The van der Waals surface area contributed by atoms with Crippen LogP contribution in [0.15, 0.2) is 15.8 Å². The zero-order valence-corrected chi connectivity index (χ0v) is 15.9. The molecule has 1 aliphatic heterocycles. The molecule has 2 rings (SSSR count). The van der Waals surface area contributed by atoms with Gasteiger partial charge in [0.2, 0.25) is 0 Å². The van der Waals surface area contributed by atoms with Crippen molar-refractivity contribution in [2.45, 2.75) is 71.0 Å². The van der Waals surface area contributed by atoms with Crippen LogP contribution in [0.3, 0.4) is 0 Å². The highest BCUT2D eigenvalue weighted by molar-refractivity contribution is 6.74. The van der Waals surface area contributed by atoms with E-state index in [1.165, 1.54) is 4.57 Å². The highest BCUT2D eigenvalue weighted by atomic mass is 28.4. The summed E-state index contributed by atoms with van der Waals surface area (Å²) in [5.74, 6) is 0. The summed E-state index contributed by atoms with van der Waals surface area (Å²) in [7, 11) is -1.80. The molecule has 0 amide bonds. The van der Waals surface area contributed by atoms with Crippen LogP contribution in [0.4, 0.5) is 0 Å². The normalized spacial score (nSPS) is 22.5. The number of nitrogens with one attached hydrogen (secondary N) is 1. The molecular formula is C16H28N2O4Si. The number of ether oxygens (including phenoxy) is 1. The van der Waals surface area contributed by atoms with E-state index in [9.17, 15) is 9.59 Å². The Morgan fingerprint density at radius 1 is 1.35 bits per heavy atom. The van der Waals surface area contributed by atoms with Crippen LogP contribution >= 0.6 is 0 Å². The Labute approximate surface area is 138 Å². The molecule has 1 aliphatic rings. The van der Waals surface area contributed by atoms with Gasteiger partial charge in [-0.15, -0.1) is 0 Å². The number of hydrogen-bond donors (Lipinski definition) is 1. The van der Waals surface area contributed by atoms with Gasteiger partial charge in [-0.05, 0) is 37.9 Å². The predicted molar refractivity (Wildman–Crippen MR) is 92.4 cm³/mol. The van der Waals surface area contributed by atoms with Gasteiger partial charge in [0.1, 0.15) is 6.23 Å². The second kappa shape index (κ2) is 6.37. The van der Waals surface area contributed by atoms with E-state index in [1.54, 1.807) is 13.1 Å². The summed E-state index contributed by atoms with van der Waals surface area (Å²) in [6.07, 6.45) is 2.84. The van der Waals surface area contributed by atoms with Gasteiger partial charge in [-0.1, -0.05) is 20.8 Å². The van der Waals surface area contributed by atoms with Gasteiger partial charge in [0.15, 0.2) is 8.32 Å². The van der Waals surface area contributed by atoms with Crippen molar-refractivity contribution in [1.82, 2.24) is 9.55 Å². The molecule has 0 aliphatic carbocycles. The third-order valence-corrected chi connectivity index (χ3v) is 9.48. The summed E-state index contributed by atoms with van der Waals surface area (Å²) in [5.41, 5.74) is -0.257. The Morgan fingerprint density at radius 3 is 2.61 bits per heavy atom. The highest BCUT2D eigenvalue weighted by Gasteiger charge is 2.38. The smallest absolute Gasteiger partial charge is 0.330 e. The fourth-order valence-electron chi connectivity index (χ4n) is 2.33. The SMILES string of the molecule is Cc1cn([C@@H]2CC[C@H](CO[Si](C)(C)C(C)(C)C)O2)c(=O)[nH]c1=O. The van der Waals surface area contributed by atoms with Gasteiger partial charge in [-0.25, -0.2) is 4.79 Å². The molecule has 2 heterocycles. The van der Waals surface area contributed by atoms with Crippen LogP contribution in [0, 0.1) is 6.92 Å². The second-order valence-electron chi connectivity index (χ2n) is 7.84. The molecule has 0 unspecified atom stereocenters. The van der Waals surface area contributed by atoms with Gasteiger partial charge in [0.05, 0.1) is 12.7 Å². The van der Waals surface area contributed by atoms with E-state index in [-0.39, 0.29) is 22.9 Å². The van der Waals surface area contributed by atoms with Crippen LogP contribution in [0.25, 0.3) is 0 Å². The minimum atomic E-state index is -1.80. The molecule has 0 radical (unpaired) electrons. The Morgan fingerprint density at radius 2 is 2.00 bits per heavy atom. The molecule has 0 aromatic carbocycles. The summed E-state index contributed by atoms with van der Waals surface area (Å²) in [4.78, 5) is 25.7. The van der Waals surface area contributed by atoms with E-state index < -0.39 is 14.0 Å². The Bertz CT molecular complexity index is 672. The summed E-state index contributed by atoms with van der Waals surface area (Å²) >= 11 is 0. The minimum absolute atomic E-state index is 0.00624. The Balaban J connectivity index is 2.01. The van der Waals surface area contributed by atoms with E-state index >= 15 is 0 Å². The van der Waals surface area contributed by atoms with Crippen LogP contribution in [0.2, 0.25) is 18.1 Å². The van der Waals surface area contributed by atoms with Crippen LogP contribution < -0.4 is 11.2 Å². The third kappa shape index (κ3) is 4.02. The van der Waals surface area contributed by atoms with Crippen molar-refractivity contribution in [3.8, 4) is 0 Å². The van der Waals surface area contributed by atoms with E-state index in [2.05, 4.69) is 38.8 Å². The molecule has 2 atom stereocenters. The Hall–Kier alpha value is -1.18. The molecule has 6 nitrogen and oxygen atoms in total. The number of rotatable bonds is 4. The second-order valence-corrected chi connectivity index (χ2v) is 12.6. The van der Waals surface area contributed by atoms with Crippen molar-refractivity contribution in [1.29, 1.82) is 0 Å². The lowest BCUT2D eigenvalue weighted by Crippen LogP contribution is -2.42. The van der Waals surface area contributed by atoms with Crippen LogP contribution in [-0.4, -0.2) is 30.6 Å². The Kier molecular flexibility index (Phi) is 5.03. The maximum Gasteiger partial charge on any atom is 0.330 e. The number of hydrogen-bond acceptors (Lipinski definition) is 4. The van der Waals surface area contributed by atoms with Crippen molar-refractivity contribution in [3.63, 3.8) is 0 Å². The molecule has 1 N–H and O–H groups in total. The van der Waals surface area contributed by atoms with Gasteiger partial charge >= 0.3 is 5.69 Å². The highest BCUT2D eigenvalue weighted by Crippen LogP contribution is 2.37. The van der Waals surface area contributed by atoms with Gasteiger partial charge < -0.3 is 9.16 Å². The lowest BCUT2D eigenvalue weighted by Gasteiger charge is -2.36. The number of H-pyrrole nitrogens is 1. The fraction of sp³-hybridized carbons (Fsp3) is 0.750. The quantitative estimate of drug-likeness (QED) is 0.855. The molecule has 23 heavy (non-hydrogen) atoms. The first-order valence-electron chi connectivity index (χ1n) is 8.13. The zero-order chi connectivity index (χ0) is 17.4. The molecule has 1 saturated heterocycles. The molecule has 130 valence electrons. The van der Waals surface area contributed by atoms with Crippen LogP contribution in [0.1, 0.15) is 45.4 Å². The average Bonchev–Trinajstić information content (AvgIpc) is 2.88. The zero-order valence-electron chi connectivity index (χ0n) is 14.9. The van der Waals surface area contributed by atoms with Gasteiger partial charge in [0.25, 0.3) is 5.56 Å². The van der Waals surface area contributed by atoms with Gasteiger partial charge in [0, 0.05) is 11.8 Å². The topological polar surface area (TPSA) is 73.3 Å². The number of aromatic amines is 1. The molecule has 0 spiro atoms. The molecule has 1 fully saturated rings. The van der Waals surface area contributed by atoms with Crippen LogP contribution in [0.5, 0.6) is 0 Å². The lowest BCUT2D eigenvalue weighted by molar-refractivity contribution is -0.0223. The van der Waals surface area contributed by atoms with Crippen molar-refractivity contribution >= 4 is 8.32 Å². The fourth-order valence-corrected chi connectivity index (χ4v) is 3.37. The largest absolute Gasteiger partial charge is 0.414 e. The van der Waals surface area contributed by atoms with Crippen LogP contribution in [-0.2, 0) is 9.16 Å². The third-order valence-electron chi connectivity index (χ3n) is 4.98. The number of aryl methyl sites for hydroxylation is 1. The number of aromatic nitrogens is 2. The first-order valence-corrected chi connectivity index (χ1v) is 11.0. The molecule has 7 heteroatoms. The number of nitrogens with zero attached hydrogens (tertiary/aromatic N) is 1. The molecule has 0 bridgehead atoms. The van der Waals surface area contributed by atoms with Crippen molar-refractivity contribution in [2.75, 3.05) is 6.61 Å². The standard InChI is InChI=1S/C16H28N2O4Si/c1-11-9-18(15(20)17-14(11)19)13-8-7-12(22-13)10-21-23(5,6)16(2,3)4/h9,12-13H,7-8,10H2,1-6H3,(H,17,19,20)/t12-,13+/m1/s1. The average molecular weight is 340 g/mol.